The van der Waals surface area contributed by atoms with Crippen LogP contribution < -0.4 is 16.6 Å². The lowest BCUT2D eigenvalue weighted by atomic mass is 10.2. The number of amides is 1. The third-order valence-electron chi connectivity index (χ3n) is 2.60. The highest BCUT2D eigenvalue weighted by molar-refractivity contribution is 5.78. The number of hydrogen-bond donors (Lipinski definition) is 3. The van der Waals surface area contributed by atoms with Crippen molar-refractivity contribution in [3.05, 3.63) is 68.2 Å². The molecule has 2 rings (SSSR count). The van der Waals surface area contributed by atoms with Gasteiger partial charge in [-0.1, -0.05) is 18.2 Å². The van der Waals surface area contributed by atoms with Crippen LogP contribution in [0.1, 0.15) is 11.3 Å². The first-order valence-electron chi connectivity index (χ1n) is 5.87. The van der Waals surface area contributed by atoms with Gasteiger partial charge in [-0.3, -0.25) is 14.6 Å². The number of hydrogen-bond acceptors (Lipinski definition) is 3. The Labute approximate surface area is 112 Å². The first kappa shape index (κ1) is 13.7. The zero-order chi connectivity index (χ0) is 14.5. The average molecular weight is 277 g/mol. The molecule has 0 saturated heterocycles. The van der Waals surface area contributed by atoms with Crippen LogP contribution in [0.2, 0.25) is 0 Å². The van der Waals surface area contributed by atoms with Crippen molar-refractivity contribution in [3.63, 3.8) is 0 Å². The van der Waals surface area contributed by atoms with Gasteiger partial charge in [0.2, 0.25) is 5.91 Å². The maximum atomic E-state index is 13.3. The SMILES string of the molecule is O=C(Cc1cc(=O)[nH]c(=O)[nH]1)NCc1ccccc1F. The fourth-order valence-electron chi connectivity index (χ4n) is 1.69. The first-order chi connectivity index (χ1) is 9.54. The van der Waals surface area contributed by atoms with Crippen molar-refractivity contribution in [2.24, 2.45) is 0 Å². The summed E-state index contributed by atoms with van der Waals surface area (Å²) in [5, 5.41) is 2.51. The molecule has 0 atom stereocenters. The van der Waals surface area contributed by atoms with E-state index in [0.717, 1.165) is 6.07 Å². The van der Waals surface area contributed by atoms with Crippen molar-refractivity contribution in [2.45, 2.75) is 13.0 Å². The van der Waals surface area contributed by atoms with Crippen molar-refractivity contribution >= 4 is 5.91 Å². The van der Waals surface area contributed by atoms with E-state index in [1.165, 1.54) is 6.07 Å². The molecule has 0 aliphatic rings. The van der Waals surface area contributed by atoms with Crippen molar-refractivity contribution < 1.29 is 9.18 Å². The molecule has 0 aliphatic carbocycles. The van der Waals surface area contributed by atoms with Crippen LogP contribution in [0.4, 0.5) is 4.39 Å². The Morgan fingerprint density at radius 3 is 2.65 bits per heavy atom. The van der Waals surface area contributed by atoms with Crippen LogP contribution in [-0.4, -0.2) is 15.9 Å². The Morgan fingerprint density at radius 1 is 1.20 bits per heavy atom. The van der Waals surface area contributed by atoms with E-state index in [4.69, 9.17) is 0 Å². The molecule has 1 aromatic carbocycles. The highest BCUT2D eigenvalue weighted by Crippen LogP contribution is 2.05. The molecule has 6 nitrogen and oxygen atoms in total. The summed E-state index contributed by atoms with van der Waals surface area (Å²) in [5.41, 5.74) is -0.690. The van der Waals surface area contributed by atoms with Crippen molar-refractivity contribution in [1.29, 1.82) is 0 Å². The van der Waals surface area contributed by atoms with Gasteiger partial charge in [0, 0.05) is 23.9 Å². The van der Waals surface area contributed by atoms with E-state index in [-0.39, 0.29) is 18.7 Å². The van der Waals surface area contributed by atoms with Gasteiger partial charge in [0.25, 0.3) is 5.56 Å². The maximum Gasteiger partial charge on any atom is 0.325 e. The molecule has 0 saturated carbocycles. The molecule has 7 heteroatoms. The number of aromatic amines is 2. The second kappa shape index (κ2) is 5.96. The first-order valence-corrected chi connectivity index (χ1v) is 5.87. The van der Waals surface area contributed by atoms with E-state index in [0.29, 0.717) is 5.56 Å². The standard InChI is InChI=1S/C13H12FN3O3/c14-10-4-2-1-3-8(10)7-15-11(18)5-9-6-12(19)17-13(20)16-9/h1-4,6H,5,7H2,(H,15,18)(H2,16,17,19,20). The van der Waals surface area contributed by atoms with Gasteiger partial charge in [-0.15, -0.1) is 0 Å². The van der Waals surface area contributed by atoms with E-state index in [1.54, 1.807) is 18.2 Å². The Hall–Kier alpha value is -2.70. The van der Waals surface area contributed by atoms with Gasteiger partial charge in [0.15, 0.2) is 0 Å². The summed E-state index contributed by atoms with van der Waals surface area (Å²) < 4.78 is 13.3. The molecule has 104 valence electrons. The highest BCUT2D eigenvalue weighted by Gasteiger charge is 2.07. The molecule has 0 radical (unpaired) electrons. The lowest BCUT2D eigenvalue weighted by molar-refractivity contribution is -0.120. The zero-order valence-corrected chi connectivity index (χ0v) is 10.4. The number of aromatic nitrogens is 2. The minimum atomic E-state index is -0.672. The third kappa shape index (κ3) is 3.64. The quantitative estimate of drug-likeness (QED) is 0.737. The third-order valence-corrected chi connectivity index (χ3v) is 2.60. The van der Waals surface area contributed by atoms with E-state index >= 15 is 0 Å². The molecule has 0 unspecified atom stereocenters. The van der Waals surface area contributed by atoms with Crippen molar-refractivity contribution in [2.75, 3.05) is 0 Å². The van der Waals surface area contributed by atoms with Gasteiger partial charge in [-0.2, -0.15) is 0 Å². The number of rotatable bonds is 4. The summed E-state index contributed by atoms with van der Waals surface area (Å²) in [5.74, 6) is -0.827. The predicted molar refractivity (Wildman–Crippen MR) is 69.6 cm³/mol. The van der Waals surface area contributed by atoms with Gasteiger partial charge in [0.1, 0.15) is 5.82 Å². The Balaban J connectivity index is 1.98. The minimum absolute atomic E-state index is 0.0406. The number of H-pyrrole nitrogens is 2. The molecule has 0 bridgehead atoms. The Kier molecular flexibility index (Phi) is 4.09. The van der Waals surface area contributed by atoms with Crippen LogP contribution in [0.3, 0.4) is 0 Å². The van der Waals surface area contributed by atoms with Crippen LogP contribution in [0.25, 0.3) is 0 Å². The number of benzene rings is 1. The summed E-state index contributed by atoms with van der Waals surface area (Å²) >= 11 is 0. The van der Waals surface area contributed by atoms with Crippen LogP contribution >= 0.6 is 0 Å². The van der Waals surface area contributed by atoms with E-state index in [9.17, 15) is 18.8 Å². The number of carbonyl (C=O) groups is 1. The fraction of sp³-hybridized carbons (Fsp3) is 0.154. The van der Waals surface area contributed by atoms with Gasteiger partial charge in [0.05, 0.1) is 6.42 Å². The lowest BCUT2D eigenvalue weighted by Gasteiger charge is -2.06. The van der Waals surface area contributed by atoms with E-state index < -0.39 is 23.0 Å². The van der Waals surface area contributed by atoms with E-state index in [1.807, 2.05) is 4.98 Å². The molecule has 1 amide bonds. The Morgan fingerprint density at radius 2 is 1.95 bits per heavy atom. The highest BCUT2D eigenvalue weighted by atomic mass is 19.1. The normalized spacial score (nSPS) is 10.2. The van der Waals surface area contributed by atoms with Crippen molar-refractivity contribution in [3.8, 4) is 0 Å². The fourth-order valence-corrected chi connectivity index (χ4v) is 1.69. The van der Waals surface area contributed by atoms with Crippen LogP contribution in [0.15, 0.2) is 39.9 Å². The molecule has 20 heavy (non-hydrogen) atoms. The molecule has 2 aromatic rings. The molecular weight excluding hydrogens is 265 g/mol. The largest absolute Gasteiger partial charge is 0.352 e. The molecule has 1 aromatic heterocycles. The minimum Gasteiger partial charge on any atom is -0.352 e. The second-order valence-electron chi connectivity index (χ2n) is 4.16. The lowest BCUT2D eigenvalue weighted by Crippen LogP contribution is -2.29. The summed E-state index contributed by atoms with van der Waals surface area (Å²) in [6, 6.07) is 7.21. The van der Waals surface area contributed by atoms with Gasteiger partial charge in [-0.25, -0.2) is 9.18 Å². The molecule has 0 spiro atoms. The average Bonchev–Trinajstić information content (AvgIpc) is 2.36. The number of halogens is 1. The summed E-state index contributed by atoms with van der Waals surface area (Å²) in [6.45, 7) is 0.0406. The van der Waals surface area contributed by atoms with Gasteiger partial charge < -0.3 is 10.3 Å². The number of nitrogens with one attached hydrogen (secondary N) is 3. The maximum absolute atomic E-state index is 13.3. The van der Waals surface area contributed by atoms with Crippen LogP contribution in [0, 0.1) is 5.82 Å². The molecule has 3 N–H and O–H groups in total. The predicted octanol–water partition coefficient (Wildman–Crippen LogP) is 0.0612. The second-order valence-corrected chi connectivity index (χ2v) is 4.16. The number of carbonyl (C=O) groups excluding carboxylic acids is 1. The molecule has 0 fully saturated rings. The van der Waals surface area contributed by atoms with Gasteiger partial charge >= 0.3 is 5.69 Å². The van der Waals surface area contributed by atoms with Crippen molar-refractivity contribution in [1.82, 2.24) is 15.3 Å². The van der Waals surface area contributed by atoms with E-state index in [2.05, 4.69) is 10.3 Å². The monoisotopic (exact) mass is 277 g/mol. The topological polar surface area (TPSA) is 94.8 Å². The zero-order valence-electron chi connectivity index (χ0n) is 10.4. The smallest absolute Gasteiger partial charge is 0.325 e. The summed E-state index contributed by atoms with van der Waals surface area (Å²) in [7, 11) is 0. The molecule has 1 heterocycles. The summed E-state index contributed by atoms with van der Waals surface area (Å²) in [4.78, 5) is 38.1. The Bertz CT molecular complexity index is 708. The van der Waals surface area contributed by atoms with Crippen LogP contribution in [0.5, 0.6) is 0 Å². The van der Waals surface area contributed by atoms with Gasteiger partial charge in [-0.05, 0) is 6.07 Å². The molecular formula is C13H12FN3O3. The molecule has 0 aliphatic heterocycles. The van der Waals surface area contributed by atoms with Crippen LogP contribution in [-0.2, 0) is 17.8 Å². The summed E-state index contributed by atoms with van der Waals surface area (Å²) in [6.07, 6.45) is -0.159.